The first-order chi connectivity index (χ1) is 15.2. The van der Waals surface area contributed by atoms with Gasteiger partial charge in [-0.3, -0.25) is 4.79 Å². The molecule has 32 heavy (non-hydrogen) atoms. The van der Waals surface area contributed by atoms with E-state index in [2.05, 4.69) is 5.32 Å². The number of hydrogen-bond acceptors (Lipinski definition) is 4. The largest absolute Gasteiger partial charge is 0.355 e. The molecule has 1 heterocycles. The number of thioether (sulfide) groups is 1. The molecule has 174 valence electrons. The number of hydrogen-bond donors (Lipinski definition) is 1. The van der Waals surface area contributed by atoms with Gasteiger partial charge in [-0.2, -0.15) is 11.8 Å². The van der Waals surface area contributed by atoms with E-state index in [4.69, 9.17) is 34.8 Å². The Morgan fingerprint density at radius 3 is 2.66 bits per heavy atom. The summed E-state index contributed by atoms with van der Waals surface area (Å²) in [4.78, 5) is 12.6. The first kappa shape index (κ1) is 25.7. The van der Waals surface area contributed by atoms with E-state index in [9.17, 15) is 13.2 Å². The molecule has 0 bridgehead atoms. The first-order valence-corrected chi connectivity index (χ1v) is 14.2. The van der Waals surface area contributed by atoms with Gasteiger partial charge in [-0.1, -0.05) is 53.0 Å². The van der Waals surface area contributed by atoms with Gasteiger partial charge in [0.25, 0.3) is 0 Å². The van der Waals surface area contributed by atoms with Crippen LogP contribution in [0.3, 0.4) is 0 Å². The Morgan fingerprint density at radius 1 is 1.09 bits per heavy atom. The summed E-state index contributed by atoms with van der Waals surface area (Å²) in [6.45, 7) is 1.16. The van der Waals surface area contributed by atoms with Crippen molar-refractivity contribution in [2.24, 2.45) is 5.92 Å². The van der Waals surface area contributed by atoms with Gasteiger partial charge in [-0.05, 0) is 48.2 Å². The third kappa shape index (κ3) is 7.54. The van der Waals surface area contributed by atoms with Crippen LogP contribution >= 0.6 is 46.6 Å². The molecule has 0 radical (unpaired) electrons. The fraction of sp³-hybridized carbons (Fsp3) is 0.409. The lowest BCUT2D eigenvalue weighted by atomic mass is 9.99. The molecule has 1 unspecified atom stereocenters. The maximum Gasteiger partial charge on any atom is 0.224 e. The number of halogens is 3. The highest BCUT2D eigenvalue weighted by molar-refractivity contribution is 7.98. The van der Waals surface area contributed by atoms with E-state index in [1.54, 1.807) is 30.0 Å². The molecule has 0 aromatic heterocycles. The molecule has 1 amide bonds. The molecule has 5 nitrogen and oxygen atoms in total. The average molecular weight is 536 g/mol. The van der Waals surface area contributed by atoms with E-state index in [0.717, 1.165) is 17.1 Å². The number of carbonyl (C=O) groups excluding carboxylic acids is 1. The van der Waals surface area contributed by atoms with E-state index < -0.39 is 10.0 Å². The van der Waals surface area contributed by atoms with Crippen LogP contribution in [-0.2, 0) is 26.3 Å². The van der Waals surface area contributed by atoms with Gasteiger partial charge < -0.3 is 5.32 Å². The predicted octanol–water partition coefficient (Wildman–Crippen LogP) is 5.24. The maximum absolute atomic E-state index is 12.9. The van der Waals surface area contributed by atoms with Crippen molar-refractivity contribution in [2.75, 3.05) is 25.4 Å². The number of nitrogens with zero attached hydrogens (tertiary/aromatic N) is 1. The van der Waals surface area contributed by atoms with Crippen molar-refractivity contribution < 1.29 is 13.2 Å². The Hall–Kier alpha value is -0.960. The summed E-state index contributed by atoms with van der Waals surface area (Å²) in [6, 6.07) is 12.5. The van der Waals surface area contributed by atoms with Crippen LogP contribution in [0.2, 0.25) is 15.1 Å². The standard InChI is InChI=1S/C22H25Cl3N2O3S2/c23-19-5-1-3-16(11-19)14-31-10-8-26-22(28)18-4-2-9-27(13-18)32(29,30)15-17-6-7-20(24)21(25)12-17/h1,3,5-7,11-12,18H,2,4,8-10,13-15H2,(H,26,28). The highest BCUT2D eigenvalue weighted by Gasteiger charge is 2.32. The van der Waals surface area contributed by atoms with Gasteiger partial charge in [0.2, 0.25) is 15.9 Å². The molecule has 0 saturated carbocycles. The van der Waals surface area contributed by atoms with Gasteiger partial charge in [-0.25, -0.2) is 12.7 Å². The van der Waals surface area contributed by atoms with Gasteiger partial charge in [-0.15, -0.1) is 0 Å². The van der Waals surface area contributed by atoms with Crippen molar-refractivity contribution >= 4 is 62.5 Å². The Balaban J connectivity index is 1.45. The minimum absolute atomic E-state index is 0.0946. The summed E-state index contributed by atoms with van der Waals surface area (Å²) < 4.78 is 27.2. The number of amides is 1. The molecule has 3 rings (SSSR count). The fourth-order valence-corrected chi connectivity index (χ4v) is 6.49. The van der Waals surface area contributed by atoms with Crippen LogP contribution in [0.15, 0.2) is 42.5 Å². The second kappa shape index (κ2) is 12.0. The molecule has 1 aliphatic heterocycles. The highest BCUT2D eigenvalue weighted by atomic mass is 35.5. The van der Waals surface area contributed by atoms with Crippen LogP contribution in [0.1, 0.15) is 24.0 Å². The Labute approximate surface area is 208 Å². The summed E-state index contributed by atoms with van der Waals surface area (Å²) in [5.74, 6) is 0.983. The molecule has 2 aromatic rings. The zero-order chi connectivity index (χ0) is 23.1. The smallest absolute Gasteiger partial charge is 0.224 e. The number of nitrogens with one attached hydrogen (secondary N) is 1. The van der Waals surface area contributed by atoms with Gasteiger partial charge in [0, 0.05) is 36.2 Å². The topological polar surface area (TPSA) is 66.5 Å². The van der Waals surface area contributed by atoms with Crippen molar-refractivity contribution in [3.05, 3.63) is 68.7 Å². The second-order valence-electron chi connectivity index (χ2n) is 7.68. The van der Waals surface area contributed by atoms with Gasteiger partial charge in [0.1, 0.15) is 0 Å². The molecular weight excluding hydrogens is 511 g/mol. The Bertz CT molecular complexity index is 1050. The monoisotopic (exact) mass is 534 g/mol. The lowest BCUT2D eigenvalue weighted by Gasteiger charge is -2.31. The quantitative estimate of drug-likeness (QED) is 0.446. The van der Waals surface area contributed by atoms with E-state index >= 15 is 0 Å². The summed E-state index contributed by atoms with van der Waals surface area (Å²) >= 11 is 19.6. The SMILES string of the molecule is O=C(NCCSCc1cccc(Cl)c1)C1CCCN(S(=O)(=O)Cc2ccc(Cl)c(Cl)c2)C1. The second-order valence-corrected chi connectivity index (χ2v) is 12.0. The third-order valence-electron chi connectivity index (χ3n) is 5.18. The molecule has 1 fully saturated rings. The van der Waals surface area contributed by atoms with Crippen molar-refractivity contribution in [1.82, 2.24) is 9.62 Å². The van der Waals surface area contributed by atoms with E-state index in [1.807, 2.05) is 24.3 Å². The van der Waals surface area contributed by atoms with Crippen molar-refractivity contribution in [2.45, 2.75) is 24.3 Å². The first-order valence-electron chi connectivity index (χ1n) is 10.3. The minimum Gasteiger partial charge on any atom is -0.355 e. The molecule has 0 aliphatic carbocycles. The lowest BCUT2D eigenvalue weighted by Crippen LogP contribution is -2.46. The van der Waals surface area contributed by atoms with Crippen molar-refractivity contribution in [3.63, 3.8) is 0 Å². The maximum atomic E-state index is 12.9. The van der Waals surface area contributed by atoms with E-state index in [-0.39, 0.29) is 24.1 Å². The molecule has 0 spiro atoms. The normalized spacial score (nSPS) is 17.3. The highest BCUT2D eigenvalue weighted by Crippen LogP contribution is 2.26. The molecule has 1 aliphatic rings. The minimum atomic E-state index is -3.56. The number of carbonyl (C=O) groups is 1. The van der Waals surface area contributed by atoms with Crippen molar-refractivity contribution in [3.8, 4) is 0 Å². The number of rotatable bonds is 9. The number of piperidine rings is 1. The van der Waals surface area contributed by atoms with Gasteiger partial charge in [0.05, 0.1) is 21.7 Å². The molecule has 1 atom stereocenters. The lowest BCUT2D eigenvalue weighted by molar-refractivity contribution is -0.125. The molecule has 2 aromatic carbocycles. The zero-order valence-corrected chi connectivity index (χ0v) is 21.3. The van der Waals surface area contributed by atoms with Crippen molar-refractivity contribution in [1.29, 1.82) is 0 Å². The summed E-state index contributed by atoms with van der Waals surface area (Å²) in [5.41, 5.74) is 1.71. The van der Waals surface area contributed by atoms with Crippen LogP contribution in [0, 0.1) is 5.92 Å². The predicted molar refractivity (Wildman–Crippen MR) is 134 cm³/mol. The summed E-state index contributed by atoms with van der Waals surface area (Å²) in [7, 11) is -3.56. The van der Waals surface area contributed by atoms with Crippen LogP contribution in [0.25, 0.3) is 0 Å². The van der Waals surface area contributed by atoms with Crippen LogP contribution in [0.5, 0.6) is 0 Å². The van der Waals surface area contributed by atoms with Gasteiger partial charge in [0.15, 0.2) is 0 Å². The number of sulfonamides is 1. The third-order valence-corrected chi connectivity index (χ3v) is 9.01. The Kier molecular flexibility index (Phi) is 9.58. The van der Waals surface area contributed by atoms with Crippen LogP contribution < -0.4 is 5.32 Å². The van der Waals surface area contributed by atoms with E-state index in [0.29, 0.717) is 46.6 Å². The summed E-state index contributed by atoms with van der Waals surface area (Å²) in [6.07, 6.45) is 1.34. The summed E-state index contributed by atoms with van der Waals surface area (Å²) in [5, 5.41) is 4.37. The van der Waals surface area contributed by atoms with Gasteiger partial charge >= 0.3 is 0 Å². The van der Waals surface area contributed by atoms with E-state index in [1.165, 1.54) is 4.31 Å². The molecular formula is C22H25Cl3N2O3S2. The average Bonchev–Trinajstić information content (AvgIpc) is 2.76. The number of benzene rings is 2. The molecule has 1 saturated heterocycles. The molecule has 10 heteroatoms. The van der Waals surface area contributed by atoms with Crippen LogP contribution in [0.4, 0.5) is 0 Å². The fourth-order valence-electron chi connectivity index (χ4n) is 3.55. The Morgan fingerprint density at radius 2 is 1.91 bits per heavy atom. The molecule has 1 N–H and O–H groups in total. The zero-order valence-electron chi connectivity index (χ0n) is 17.4. The van der Waals surface area contributed by atoms with Crippen LogP contribution in [-0.4, -0.2) is 44.0 Å².